The highest BCUT2D eigenvalue weighted by atomic mass is 35.5. The lowest BCUT2D eigenvalue weighted by Gasteiger charge is -2.26. The molecule has 0 radical (unpaired) electrons. The Labute approximate surface area is 130 Å². The normalized spacial score (nSPS) is 29.3. The molecule has 0 spiro atoms. The first-order chi connectivity index (χ1) is 10.2. The van der Waals surface area contributed by atoms with Crippen molar-refractivity contribution in [2.24, 2.45) is 0 Å². The minimum absolute atomic E-state index is 0.00369. The van der Waals surface area contributed by atoms with Crippen LogP contribution in [0, 0.1) is 0 Å². The van der Waals surface area contributed by atoms with Gasteiger partial charge in [0.2, 0.25) is 0 Å². The molecule has 0 bridgehead atoms. The molecule has 11 heteroatoms. The van der Waals surface area contributed by atoms with E-state index in [0.717, 1.165) is 10.6 Å². The zero-order valence-corrected chi connectivity index (χ0v) is 12.9. The molecule has 5 N–H and O–H groups in total. The maximum atomic E-state index is 11.8. The first kappa shape index (κ1) is 17.1. The minimum Gasteiger partial charge on any atom is -0.390 e. The van der Waals surface area contributed by atoms with Gasteiger partial charge in [0.1, 0.15) is 17.6 Å². The van der Waals surface area contributed by atoms with E-state index < -0.39 is 31.2 Å². The van der Waals surface area contributed by atoms with Crippen LogP contribution >= 0.6 is 19.2 Å². The number of halogens is 1. The number of aliphatic hydroxyl groups is 1. The van der Waals surface area contributed by atoms with Crippen LogP contribution in [-0.2, 0) is 9.30 Å². The number of alkyl halides is 1. The molecule has 1 saturated heterocycles. The lowest BCUT2D eigenvalue weighted by Crippen LogP contribution is -2.39. The fourth-order valence-corrected chi connectivity index (χ4v) is 2.90. The maximum Gasteiger partial charge on any atom is 0.351 e. The molecule has 1 unspecified atom stereocenters. The van der Waals surface area contributed by atoms with E-state index in [1.54, 1.807) is 0 Å². The molecule has 2 heterocycles. The molecule has 0 saturated carbocycles. The average molecular weight is 352 g/mol. The second kappa shape index (κ2) is 6.11. The van der Waals surface area contributed by atoms with E-state index in [1.807, 2.05) is 0 Å². The summed E-state index contributed by atoms with van der Waals surface area (Å²) in [5, 5.41) is 10.1. The zero-order valence-electron chi connectivity index (χ0n) is 11.2. The Bertz CT molecular complexity index is 689. The summed E-state index contributed by atoms with van der Waals surface area (Å²) in [5.41, 5.74) is 3.22. The van der Waals surface area contributed by atoms with E-state index in [4.69, 9.17) is 31.9 Å². The van der Waals surface area contributed by atoms with E-state index >= 15 is 0 Å². The zero-order chi connectivity index (χ0) is 16.5. The van der Waals surface area contributed by atoms with Crippen LogP contribution in [0.15, 0.2) is 29.0 Å². The number of nitrogen functional groups attached to an aromatic ring is 1. The highest BCUT2D eigenvalue weighted by Gasteiger charge is 2.47. The van der Waals surface area contributed by atoms with Gasteiger partial charge in [-0.1, -0.05) is 0 Å². The molecule has 1 aromatic heterocycles. The van der Waals surface area contributed by atoms with Crippen molar-refractivity contribution in [2.45, 2.75) is 24.4 Å². The van der Waals surface area contributed by atoms with Gasteiger partial charge in [-0.25, -0.2) is 4.79 Å². The summed E-state index contributed by atoms with van der Waals surface area (Å²) in [6, 6.07) is 1.39. The smallest absolute Gasteiger partial charge is 0.351 e. The van der Waals surface area contributed by atoms with Crippen LogP contribution in [0.5, 0.6) is 0 Å². The topological polar surface area (TPSA) is 148 Å². The predicted molar refractivity (Wildman–Crippen MR) is 78.3 cm³/mol. The third kappa shape index (κ3) is 3.57. The summed E-state index contributed by atoms with van der Waals surface area (Å²) in [6.07, 6.45) is 0.363. The van der Waals surface area contributed by atoms with Crippen molar-refractivity contribution in [3.05, 3.63) is 34.6 Å². The van der Waals surface area contributed by atoms with Crippen molar-refractivity contribution in [1.29, 1.82) is 0 Å². The van der Waals surface area contributed by atoms with Gasteiger partial charge < -0.3 is 25.4 Å². The molecule has 22 heavy (non-hydrogen) atoms. The fraction of sp³-hybridized carbons (Fsp3) is 0.455. The van der Waals surface area contributed by atoms with Gasteiger partial charge >= 0.3 is 13.3 Å². The van der Waals surface area contributed by atoms with E-state index in [-0.39, 0.29) is 18.1 Å². The van der Waals surface area contributed by atoms with Gasteiger partial charge in [-0.3, -0.25) is 9.13 Å². The summed E-state index contributed by atoms with van der Waals surface area (Å²) >= 11 is 5.79. The lowest BCUT2D eigenvalue weighted by molar-refractivity contribution is -0.0581. The molecule has 0 aliphatic carbocycles. The molecule has 3 atom stereocenters. The summed E-state index contributed by atoms with van der Waals surface area (Å²) < 4.78 is 17.7. The third-order valence-electron chi connectivity index (χ3n) is 3.27. The molecular formula is C11H15ClN3O6P. The predicted octanol–water partition coefficient (Wildman–Crippen LogP) is -0.226. The van der Waals surface area contributed by atoms with Gasteiger partial charge in [0.05, 0.1) is 12.0 Å². The number of nitrogens with two attached hydrogens (primary N) is 1. The van der Waals surface area contributed by atoms with E-state index in [0.29, 0.717) is 5.82 Å². The Morgan fingerprint density at radius 1 is 1.64 bits per heavy atom. The van der Waals surface area contributed by atoms with Crippen LogP contribution < -0.4 is 11.4 Å². The fourth-order valence-electron chi connectivity index (χ4n) is 2.12. The quantitative estimate of drug-likeness (QED) is 0.429. The molecule has 122 valence electrons. The molecule has 0 amide bonds. The van der Waals surface area contributed by atoms with Crippen molar-refractivity contribution in [2.75, 3.05) is 11.6 Å². The van der Waals surface area contributed by atoms with Crippen LogP contribution in [-0.4, -0.2) is 42.0 Å². The van der Waals surface area contributed by atoms with Gasteiger partial charge in [0.25, 0.3) is 0 Å². The van der Waals surface area contributed by atoms with Gasteiger partial charge in [0.15, 0.2) is 0 Å². The van der Waals surface area contributed by atoms with Gasteiger partial charge in [-0.05, 0) is 12.1 Å². The molecule has 1 fully saturated rings. The second-order valence-corrected chi connectivity index (χ2v) is 6.60. The van der Waals surface area contributed by atoms with Crippen LogP contribution in [0.1, 0.15) is 12.6 Å². The molecule has 1 aromatic rings. The van der Waals surface area contributed by atoms with Gasteiger partial charge in [-0.2, -0.15) is 4.98 Å². The summed E-state index contributed by atoms with van der Waals surface area (Å²) in [6.45, 7) is 0. The number of hydrogen-bond acceptors (Lipinski definition) is 6. The highest BCUT2D eigenvalue weighted by molar-refractivity contribution is 7.55. The van der Waals surface area contributed by atoms with Crippen LogP contribution in [0.4, 0.5) is 5.82 Å². The van der Waals surface area contributed by atoms with E-state index in [9.17, 15) is 14.5 Å². The SMILES string of the molecule is Nc1ccn([C@H]2CC(O)[C@](/C=C/P(=O)(O)O)(CCl)O2)c(=O)n1. The van der Waals surface area contributed by atoms with Crippen molar-refractivity contribution < 1.29 is 24.2 Å². The Morgan fingerprint density at radius 2 is 2.32 bits per heavy atom. The summed E-state index contributed by atoms with van der Waals surface area (Å²) in [4.78, 5) is 33.1. The second-order valence-electron chi connectivity index (χ2n) is 4.86. The average Bonchev–Trinajstić information content (AvgIpc) is 2.73. The number of ether oxygens (including phenoxy) is 1. The van der Waals surface area contributed by atoms with Gasteiger partial charge in [-0.15, -0.1) is 11.6 Å². The monoisotopic (exact) mass is 351 g/mol. The number of rotatable bonds is 4. The molecule has 9 nitrogen and oxygen atoms in total. The van der Waals surface area contributed by atoms with Crippen molar-refractivity contribution >= 4 is 25.0 Å². The first-order valence-electron chi connectivity index (χ1n) is 6.19. The van der Waals surface area contributed by atoms with E-state index in [2.05, 4.69) is 4.98 Å². The van der Waals surface area contributed by atoms with Gasteiger partial charge in [0, 0.05) is 18.4 Å². The third-order valence-corrected chi connectivity index (χ3v) is 4.22. The Kier molecular flexibility index (Phi) is 4.76. The number of aromatic nitrogens is 2. The van der Waals surface area contributed by atoms with Crippen molar-refractivity contribution in [3.8, 4) is 0 Å². The molecule has 2 rings (SSSR count). The van der Waals surface area contributed by atoms with Crippen molar-refractivity contribution in [3.63, 3.8) is 0 Å². The Morgan fingerprint density at radius 3 is 2.86 bits per heavy atom. The Balaban J connectivity index is 2.32. The van der Waals surface area contributed by atoms with Crippen LogP contribution in [0.2, 0.25) is 0 Å². The standard InChI is InChI=1S/C11H15ClN3O6P/c12-6-11(2-4-22(18,19)20)7(16)5-9(21-11)15-3-1-8(13)14-10(15)17/h1-4,7,9,16H,5-6H2,(H2,13,14,17)(H2,18,19,20)/b4-2+/t7?,9-,11+/m1/s1. The summed E-state index contributed by atoms with van der Waals surface area (Å²) in [5.74, 6) is 0.410. The molecular weight excluding hydrogens is 337 g/mol. The van der Waals surface area contributed by atoms with Crippen LogP contribution in [0.3, 0.4) is 0 Å². The molecule has 0 aromatic carbocycles. The first-order valence-corrected chi connectivity index (χ1v) is 8.40. The Hall–Kier alpha value is -1.22. The summed E-state index contributed by atoms with van der Waals surface area (Å²) in [7, 11) is -4.44. The van der Waals surface area contributed by atoms with E-state index in [1.165, 1.54) is 12.3 Å². The number of nitrogens with zero attached hydrogens (tertiary/aromatic N) is 2. The molecule has 1 aliphatic heterocycles. The number of aliphatic hydroxyl groups excluding tert-OH is 1. The lowest BCUT2D eigenvalue weighted by atomic mass is 9.99. The largest absolute Gasteiger partial charge is 0.390 e. The highest BCUT2D eigenvalue weighted by Crippen LogP contribution is 2.42. The number of hydrogen-bond donors (Lipinski definition) is 4. The van der Waals surface area contributed by atoms with Crippen LogP contribution in [0.25, 0.3) is 0 Å². The maximum absolute atomic E-state index is 11.8. The number of anilines is 1. The molecule has 1 aliphatic rings. The minimum atomic E-state index is -4.44. The van der Waals surface area contributed by atoms with Crippen molar-refractivity contribution in [1.82, 2.24) is 9.55 Å².